The molecule has 1 fully saturated rings. The van der Waals surface area contributed by atoms with E-state index < -0.39 is 5.41 Å². The van der Waals surface area contributed by atoms with Gasteiger partial charge in [0.15, 0.2) is 0 Å². The molecule has 0 aliphatic carbocycles. The van der Waals surface area contributed by atoms with Crippen LogP contribution < -0.4 is 5.32 Å². The van der Waals surface area contributed by atoms with Gasteiger partial charge in [-0.3, -0.25) is 9.59 Å². The summed E-state index contributed by atoms with van der Waals surface area (Å²) < 4.78 is 0. The minimum atomic E-state index is -0.529. The summed E-state index contributed by atoms with van der Waals surface area (Å²) in [6, 6.07) is 11.0. The number of benzene rings is 1. The fourth-order valence-corrected chi connectivity index (χ4v) is 2.80. The summed E-state index contributed by atoms with van der Waals surface area (Å²) in [5.74, 6) is -0.176. The van der Waals surface area contributed by atoms with Crippen molar-refractivity contribution in [2.24, 2.45) is 5.41 Å². The van der Waals surface area contributed by atoms with Gasteiger partial charge in [-0.2, -0.15) is 5.26 Å². The lowest BCUT2D eigenvalue weighted by Crippen LogP contribution is -2.41. The monoisotopic (exact) mass is 327 g/mol. The highest BCUT2D eigenvalue weighted by Gasteiger charge is 2.32. The van der Waals surface area contributed by atoms with Gasteiger partial charge < -0.3 is 10.2 Å². The summed E-state index contributed by atoms with van der Waals surface area (Å²) in [5.41, 5.74) is 0.370. The second kappa shape index (κ2) is 7.48. The lowest BCUT2D eigenvalue weighted by molar-refractivity contribution is -0.133. The first-order chi connectivity index (χ1) is 11.3. The summed E-state index contributed by atoms with van der Waals surface area (Å²) in [5, 5.41) is 12.2. The van der Waals surface area contributed by atoms with Crippen molar-refractivity contribution >= 4 is 11.8 Å². The maximum Gasteiger partial charge on any atom is 0.226 e. The van der Waals surface area contributed by atoms with E-state index in [4.69, 9.17) is 0 Å². The molecule has 1 aromatic rings. The third-order valence-electron chi connectivity index (χ3n) is 4.29. The molecule has 0 radical (unpaired) electrons. The predicted octanol–water partition coefficient (Wildman–Crippen LogP) is 2.79. The molecule has 0 bridgehead atoms. The molecule has 5 nitrogen and oxygen atoms in total. The van der Waals surface area contributed by atoms with Crippen LogP contribution in [0.1, 0.15) is 51.6 Å². The molecule has 1 N–H and O–H groups in total. The molecule has 5 heteroatoms. The number of nitrogens with one attached hydrogen (secondary N) is 1. The largest absolute Gasteiger partial charge is 0.348 e. The third-order valence-corrected chi connectivity index (χ3v) is 4.29. The van der Waals surface area contributed by atoms with Crippen LogP contribution in [-0.4, -0.2) is 29.3 Å². The zero-order chi connectivity index (χ0) is 17.7. The first-order valence-electron chi connectivity index (χ1n) is 8.38. The lowest BCUT2D eigenvalue weighted by Gasteiger charge is -2.27. The maximum atomic E-state index is 12.7. The zero-order valence-corrected chi connectivity index (χ0v) is 14.6. The van der Waals surface area contributed by atoms with Crippen molar-refractivity contribution in [2.75, 3.05) is 6.54 Å². The van der Waals surface area contributed by atoms with Gasteiger partial charge in [-0.15, -0.1) is 0 Å². The Kier molecular flexibility index (Phi) is 5.61. The quantitative estimate of drug-likeness (QED) is 0.924. The molecule has 2 atom stereocenters. The number of nitrogens with zero attached hydrogens (tertiary/aromatic N) is 2. The van der Waals surface area contributed by atoms with E-state index in [-0.39, 0.29) is 30.3 Å². The van der Waals surface area contributed by atoms with Crippen molar-refractivity contribution in [2.45, 2.75) is 52.1 Å². The van der Waals surface area contributed by atoms with Crippen LogP contribution in [0.25, 0.3) is 0 Å². The molecular weight excluding hydrogens is 302 g/mol. The minimum absolute atomic E-state index is 0.0814. The summed E-state index contributed by atoms with van der Waals surface area (Å²) >= 11 is 0. The van der Waals surface area contributed by atoms with E-state index in [1.54, 1.807) is 4.90 Å². The SMILES string of the molecule is CC(C)(C)C(=O)N[C@@H](CC(=O)N1CCC[C@H]1C#N)c1ccccc1. The van der Waals surface area contributed by atoms with Crippen LogP contribution in [-0.2, 0) is 9.59 Å². The molecule has 0 saturated carbocycles. The highest BCUT2D eigenvalue weighted by molar-refractivity contribution is 5.83. The molecule has 0 aromatic heterocycles. The number of amides is 2. The van der Waals surface area contributed by atoms with Gasteiger partial charge >= 0.3 is 0 Å². The van der Waals surface area contributed by atoms with Crippen LogP contribution in [0, 0.1) is 16.7 Å². The van der Waals surface area contributed by atoms with Crippen LogP contribution in [0.4, 0.5) is 0 Å². The Hall–Kier alpha value is -2.35. The number of rotatable bonds is 4. The smallest absolute Gasteiger partial charge is 0.226 e. The summed E-state index contributed by atoms with van der Waals surface area (Å²) in [6.45, 7) is 6.15. The molecule has 0 unspecified atom stereocenters. The topological polar surface area (TPSA) is 73.2 Å². The predicted molar refractivity (Wildman–Crippen MR) is 91.7 cm³/mol. The molecule has 24 heavy (non-hydrogen) atoms. The molecular formula is C19H25N3O2. The Morgan fingerprint density at radius 1 is 1.33 bits per heavy atom. The minimum Gasteiger partial charge on any atom is -0.348 e. The standard InChI is InChI=1S/C19H25N3O2/c1-19(2,3)18(24)21-16(14-8-5-4-6-9-14)12-17(23)22-11-7-10-15(22)13-20/h4-6,8-9,15-16H,7,10-12H2,1-3H3,(H,21,24)/t15-,16-/m0/s1. The van der Waals surface area contributed by atoms with Crippen LogP contribution in [0.15, 0.2) is 30.3 Å². The van der Waals surface area contributed by atoms with E-state index >= 15 is 0 Å². The van der Waals surface area contributed by atoms with Crippen molar-refractivity contribution in [3.05, 3.63) is 35.9 Å². The van der Waals surface area contributed by atoms with Gasteiger partial charge in [-0.1, -0.05) is 51.1 Å². The van der Waals surface area contributed by atoms with Gasteiger partial charge in [0.1, 0.15) is 6.04 Å². The zero-order valence-electron chi connectivity index (χ0n) is 14.6. The average molecular weight is 327 g/mol. The highest BCUT2D eigenvalue weighted by Crippen LogP contribution is 2.24. The summed E-state index contributed by atoms with van der Waals surface area (Å²) in [6.07, 6.45) is 1.75. The van der Waals surface area contributed by atoms with Gasteiger partial charge in [0, 0.05) is 12.0 Å². The molecule has 2 amide bonds. The lowest BCUT2D eigenvalue weighted by atomic mass is 9.93. The van der Waals surface area contributed by atoms with E-state index in [0.29, 0.717) is 6.54 Å². The Bertz CT molecular complexity index is 628. The Morgan fingerprint density at radius 3 is 2.58 bits per heavy atom. The van der Waals surface area contributed by atoms with Crippen molar-refractivity contribution in [1.29, 1.82) is 5.26 Å². The number of carbonyl (C=O) groups excluding carboxylic acids is 2. The molecule has 1 aliphatic heterocycles. The van der Waals surface area contributed by atoms with Gasteiger partial charge in [-0.25, -0.2) is 0 Å². The van der Waals surface area contributed by atoms with Gasteiger partial charge in [0.05, 0.1) is 18.5 Å². The molecule has 2 rings (SSSR count). The van der Waals surface area contributed by atoms with E-state index in [0.717, 1.165) is 18.4 Å². The first kappa shape index (κ1) is 18.0. The van der Waals surface area contributed by atoms with Crippen molar-refractivity contribution in [1.82, 2.24) is 10.2 Å². The molecule has 0 spiro atoms. The molecule has 1 aromatic carbocycles. The second-order valence-corrected chi connectivity index (χ2v) is 7.27. The molecule has 1 aliphatic rings. The van der Waals surface area contributed by atoms with Gasteiger partial charge in [-0.05, 0) is 18.4 Å². The molecule has 1 heterocycles. The second-order valence-electron chi connectivity index (χ2n) is 7.27. The van der Waals surface area contributed by atoms with E-state index in [1.165, 1.54) is 0 Å². The van der Waals surface area contributed by atoms with Gasteiger partial charge in [0.25, 0.3) is 0 Å². The molecule has 1 saturated heterocycles. The third kappa shape index (κ3) is 4.35. The van der Waals surface area contributed by atoms with E-state index in [2.05, 4.69) is 11.4 Å². The van der Waals surface area contributed by atoms with Crippen LogP contribution >= 0.6 is 0 Å². The normalized spacial score (nSPS) is 18.8. The fraction of sp³-hybridized carbons (Fsp3) is 0.526. The summed E-state index contributed by atoms with van der Waals surface area (Å²) in [4.78, 5) is 26.7. The van der Waals surface area contributed by atoms with Crippen molar-refractivity contribution in [3.63, 3.8) is 0 Å². The Morgan fingerprint density at radius 2 is 2.00 bits per heavy atom. The Labute approximate surface area is 143 Å². The van der Waals surface area contributed by atoms with Crippen molar-refractivity contribution < 1.29 is 9.59 Å². The van der Waals surface area contributed by atoms with Crippen molar-refractivity contribution in [3.8, 4) is 6.07 Å². The Balaban J connectivity index is 2.16. The highest BCUT2D eigenvalue weighted by atomic mass is 16.2. The number of carbonyl (C=O) groups is 2. The fourth-order valence-electron chi connectivity index (χ4n) is 2.80. The van der Waals surface area contributed by atoms with Crippen LogP contribution in [0.2, 0.25) is 0 Å². The van der Waals surface area contributed by atoms with E-state index in [1.807, 2.05) is 51.1 Å². The van der Waals surface area contributed by atoms with Gasteiger partial charge in [0.2, 0.25) is 11.8 Å². The van der Waals surface area contributed by atoms with Crippen LogP contribution in [0.3, 0.4) is 0 Å². The number of likely N-dealkylation sites (tertiary alicyclic amines) is 1. The van der Waals surface area contributed by atoms with Crippen LogP contribution in [0.5, 0.6) is 0 Å². The maximum absolute atomic E-state index is 12.7. The number of hydrogen-bond acceptors (Lipinski definition) is 3. The summed E-state index contributed by atoms with van der Waals surface area (Å²) in [7, 11) is 0. The first-order valence-corrected chi connectivity index (χ1v) is 8.38. The average Bonchev–Trinajstić information content (AvgIpc) is 3.02. The number of hydrogen-bond donors (Lipinski definition) is 1. The molecule has 128 valence electrons. The van der Waals surface area contributed by atoms with E-state index in [9.17, 15) is 14.9 Å². The number of nitriles is 1.